The van der Waals surface area contributed by atoms with E-state index in [1.165, 1.54) is 23.8 Å². The van der Waals surface area contributed by atoms with Crippen LogP contribution in [-0.4, -0.2) is 23.0 Å². The van der Waals surface area contributed by atoms with E-state index in [0.717, 1.165) is 29.2 Å². The lowest BCUT2D eigenvalue weighted by Gasteiger charge is -2.28. The van der Waals surface area contributed by atoms with Crippen molar-refractivity contribution < 1.29 is 0 Å². The van der Waals surface area contributed by atoms with Crippen LogP contribution in [-0.2, 0) is 0 Å². The Morgan fingerprint density at radius 2 is 1.74 bits per heavy atom. The summed E-state index contributed by atoms with van der Waals surface area (Å²) in [6.45, 7) is 2.20. The normalized spacial score (nSPS) is 17.0. The van der Waals surface area contributed by atoms with Gasteiger partial charge in [-0.3, -0.25) is 4.90 Å². The van der Waals surface area contributed by atoms with Gasteiger partial charge in [-0.1, -0.05) is 47.5 Å². The topological polar surface area (TPSA) is 19.0 Å². The van der Waals surface area contributed by atoms with Crippen molar-refractivity contribution in [3.8, 4) is 0 Å². The lowest BCUT2D eigenvalue weighted by molar-refractivity contribution is 0.282. The molecule has 0 aliphatic carbocycles. The average molecular weight is 345 g/mol. The smallest absolute Gasteiger partial charge is 0.0637 e. The second-order valence-electron chi connectivity index (χ2n) is 6.10. The van der Waals surface area contributed by atoms with E-state index in [1.807, 2.05) is 12.1 Å². The Bertz CT molecular complexity index is 834. The molecule has 3 aromatic rings. The van der Waals surface area contributed by atoms with Gasteiger partial charge in [-0.15, -0.1) is 0 Å². The summed E-state index contributed by atoms with van der Waals surface area (Å²) in [5, 5.41) is 2.67. The van der Waals surface area contributed by atoms with Crippen molar-refractivity contribution in [1.82, 2.24) is 9.88 Å². The Balaban J connectivity index is 1.88. The van der Waals surface area contributed by atoms with Gasteiger partial charge >= 0.3 is 0 Å². The first-order valence-electron chi connectivity index (χ1n) is 7.99. The summed E-state index contributed by atoms with van der Waals surface area (Å²) < 4.78 is 0. The van der Waals surface area contributed by atoms with Gasteiger partial charge in [0, 0.05) is 27.1 Å². The van der Waals surface area contributed by atoms with E-state index in [0.29, 0.717) is 5.02 Å². The maximum Gasteiger partial charge on any atom is 0.0637 e. The maximum atomic E-state index is 6.55. The van der Waals surface area contributed by atoms with Gasteiger partial charge in [-0.2, -0.15) is 0 Å². The summed E-state index contributed by atoms with van der Waals surface area (Å²) in [5.74, 6) is 0. The minimum absolute atomic E-state index is 0.165. The number of likely N-dealkylation sites (tertiary alicyclic amines) is 1. The summed E-state index contributed by atoms with van der Waals surface area (Å²) in [6.07, 6.45) is 4.60. The zero-order chi connectivity index (χ0) is 15.8. The number of halogens is 2. The molecule has 1 unspecified atom stereocenters. The number of aromatic amines is 1. The zero-order valence-electron chi connectivity index (χ0n) is 12.7. The molecular weight excluding hydrogens is 327 g/mol. The molecule has 23 heavy (non-hydrogen) atoms. The predicted octanol–water partition coefficient (Wildman–Crippen LogP) is 5.66. The molecule has 0 spiro atoms. The van der Waals surface area contributed by atoms with Crippen LogP contribution in [0.1, 0.15) is 30.0 Å². The Labute approximate surface area is 146 Å². The lowest BCUT2D eigenvalue weighted by Crippen LogP contribution is -2.26. The number of H-pyrrole nitrogens is 1. The van der Waals surface area contributed by atoms with Crippen LogP contribution in [0.3, 0.4) is 0 Å². The van der Waals surface area contributed by atoms with Gasteiger partial charge in [0.15, 0.2) is 0 Å². The molecule has 1 aliphatic rings. The molecule has 118 valence electrons. The largest absolute Gasteiger partial charge is 0.361 e. The second-order valence-corrected chi connectivity index (χ2v) is 6.94. The Kier molecular flexibility index (Phi) is 4.06. The number of fused-ring (bicyclic) bond motifs is 1. The highest BCUT2D eigenvalue weighted by Crippen LogP contribution is 2.39. The number of benzene rings is 2. The molecule has 1 saturated heterocycles. The van der Waals surface area contributed by atoms with Gasteiger partial charge in [-0.25, -0.2) is 0 Å². The summed E-state index contributed by atoms with van der Waals surface area (Å²) in [4.78, 5) is 5.92. The van der Waals surface area contributed by atoms with Crippen LogP contribution in [0.4, 0.5) is 0 Å². The molecule has 4 rings (SSSR count). The van der Waals surface area contributed by atoms with Crippen LogP contribution in [0.15, 0.2) is 48.7 Å². The first kappa shape index (κ1) is 15.1. The molecule has 2 heterocycles. The standard InChI is InChI=1S/C19H18Cl2N2/c20-13-7-8-15(17(21)11-13)19(23-9-3-4-10-23)16-12-22-18-6-2-1-5-14(16)18/h1-2,5-8,11-12,19,22H,3-4,9-10H2. The first-order valence-corrected chi connectivity index (χ1v) is 8.74. The number of aromatic nitrogens is 1. The van der Waals surface area contributed by atoms with Crippen LogP contribution in [0.25, 0.3) is 10.9 Å². The third kappa shape index (κ3) is 2.76. The average Bonchev–Trinajstić information content (AvgIpc) is 3.20. The fourth-order valence-electron chi connectivity index (χ4n) is 3.60. The Morgan fingerprint density at radius 3 is 2.52 bits per heavy atom. The summed E-state index contributed by atoms with van der Waals surface area (Å²) >= 11 is 12.6. The van der Waals surface area contributed by atoms with Crippen molar-refractivity contribution >= 4 is 34.1 Å². The fraction of sp³-hybridized carbons (Fsp3) is 0.263. The van der Waals surface area contributed by atoms with Crippen LogP contribution in [0.2, 0.25) is 10.0 Å². The monoisotopic (exact) mass is 344 g/mol. The van der Waals surface area contributed by atoms with Gasteiger partial charge in [0.1, 0.15) is 0 Å². The van der Waals surface area contributed by atoms with E-state index < -0.39 is 0 Å². The van der Waals surface area contributed by atoms with E-state index in [4.69, 9.17) is 23.2 Å². The molecule has 1 aliphatic heterocycles. The summed E-state index contributed by atoms with van der Waals surface area (Å²) in [6, 6.07) is 14.4. The van der Waals surface area contributed by atoms with E-state index in [-0.39, 0.29) is 6.04 Å². The van der Waals surface area contributed by atoms with Crippen molar-refractivity contribution in [1.29, 1.82) is 0 Å². The number of rotatable bonds is 3. The van der Waals surface area contributed by atoms with Gasteiger partial charge in [-0.05, 0) is 55.3 Å². The molecule has 1 atom stereocenters. The molecule has 1 aromatic heterocycles. The van der Waals surface area contributed by atoms with Crippen LogP contribution >= 0.6 is 23.2 Å². The Morgan fingerprint density at radius 1 is 0.957 bits per heavy atom. The number of hydrogen-bond donors (Lipinski definition) is 1. The van der Waals surface area contributed by atoms with Crippen LogP contribution in [0, 0.1) is 0 Å². The van der Waals surface area contributed by atoms with Crippen molar-refractivity contribution in [2.75, 3.05) is 13.1 Å². The number of hydrogen-bond acceptors (Lipinski definition) is 1. The van der Waals surface area contributed by atoms with Crippen molar-refractivity contribution in [2.45, 2.75) is 18.9 Å². The van der Waals surface area contributed by atoms with Gasteiger partial charge in [0.05, 0.1) is 6.04 Å². The van der Waals surface area contributed by atoms with E-state index in [9.17, 15) is 0 Å². The van der Waals surface area contributed by atoms with Gasteiger partial charge < -0.3 is 4.98 Å². The fourth-order valence-corrected chi connectivity index (χ4v) is 4.12. The highest BCUT2D eigenvalue weighted by Gasteiger charge is 2.28. The molecule has 1 N–H and O–H groups in total. The minimum Gasteiger partial charge on any atom is -0.361 e. The van der Waals surface area contributed by atoms with E-state index in [1.54, 1.807) is 0 Å². The molecule has 0 amide bonds. The molecular formula is C19H18Cl2N2. The first-order chi connectivity index (χ1) is 11.2. The minimum atomic E-state index is 0.165. The quantitative estimate of drug-likeness (QED) is 0.649. The zero-order valence-corrected chi connectivity index (χ0v) is 14.2. The summed E-state index contributed by atoms with van der Waals surface area (Å²) in [5.41, 5.74) is 3.58. The number of nitrogens with zero attached hydrogens (tertiary/aromatic N) is 1. The third-order valence-corrected chi connectivity index (χ3v) is 5.24. The number of nitrogens with one attached hydrogen (secondary N) is 1. The molecule has 2 aromatic carbocycles. The molecule has 0 saturated carbocycles. The van der Waals surface area contributed by atoms with E-state index in [2.05, 4.69) is 46.4 Å². The lowest BCUT2D eigenvalue weighted by atomic mass is 9.96. The SMILES string of the molecule is Clc1ccc(C(c2c[nH]c3ccccc23)N2CCCC2)c(Cl)c1. The predicted molar refractivity (Wildman–Crippen MR) is 97.4 cm³/mol. The summed E-state index contributed by atoms with van der Waals surface area (Å²) in [7, 11) is 0. The van der Waals surface area contributed by atoms with Gasteiger partial charge in [0.25, 0.3) is 0 Å². The van der Waals surface area contributed by atoms with Crippen molar-refractivity contribution in [3.63, 3.8) is 0 Å². The third-order valence-electron chi connectivity index (χ3n) is 4.68. The van der Waals surface area contributed by atoms with Crippen LogP contribution in [0.5, 0.6) is 0 Å². The molecule has 1 fully saturated rings. The van der Waals surface area contributed by atoms with Crippen molar-refractivity contribution in [2.24, 2.45) is 0 Å². The molecule has 2 nitrogen and oxygen atoms in total. The number of para-hydroxylation sites is 1. The van der Waals surface area contributed by atoms with Crippen molar-refractivity contribution in [3.05, 3.63) is 69.8 Å². The maximum absolute atomic E-state index is 6.55. The Hall–Kier alpha value is -1.48. The highest BCUT2D eigenvalue weighted by atomic mass is 35.5. The molecule has 0 bridgehead atoms. The highest BCUT2D eigenvalue weighted by molar-refractivity contribution is 6.35. The van der Waals surface area contributed by atoms with Gasteiger partial charge in [0.2, 0.25) is 0 Å². The molecule has 4 heteroatoms. The van der Waals surface area contributed by atoms with E-state index >= 15 is 0 Å². The van der Waals surface area contributed by atoms with Crippen LogP contribution < -0.4 is 0 Å². The second kappa shape index (κ2) is 6.20. The molecule has 0 radical (unpaired) electrons.